The van der Waals surface area contributed by atoms with Gasteiger partial charge in [-0.2, -0.15) is 5.26 Å². The lowest BCUT2D eigenvalue weighted by Gasteiger charge is -2.34. The van der Waals surface area contributed by atoms with Crippen molar-refractivity contribution in [2.24, 2.45) is 0 Å². The van der Waals surface area contributed by atoms with Crippen LogP contribution in [0.4, 0.5) is 8.78 Å². The highest BCUT2D eigenvalue weighted by Crippen LogP contribution is 2.31. The van der Waals surface area contributed by atoms with E-state index in [1.165, 1.54) is 12.1 Å². The molecule has 21 heavy (non-hydrogen) atoms. The summed E-state index contributed by atoms with van der Waals surface area (Å²) in [6.07, 6.45) is 0.0788. The van der Waals surface area contributed by atoms with Crippen LogP contribution in [-0.2, 0) is 0 Å². The van der Waals surface area contributed by atoms with Gasteiger partial charge in [0.05, 0.1) is 18.5 Å². The molecule has 3 nitrogen and oxygen atoms in total. The normalized spacial score (nSPS) is 16.3. The zero-order valence-corrected chi connectivity index (χ0v) is 14.3. The van der Waals surface area contributed by atoms with Crippen molar-refractivity contribution >= 4 is 40.7 Å². The Morgan fingerprint density at radius 2 is 1.76 bits per heavy atom. The fourth-order valence-electron chi connectivity index (χ4n) is 2.37. The number of hydrogen-bond donors (Lipinski definition) is 1. The van der Waals surface area contributed by atoms with Crippen molar-refractivity contribution in [2.75, 3.05) is 26.2 Å². The summed E-state index contributed by atoms with van der Waals surface area (Å²) in [5.41, 5.74) is -0.00773. The van der Waals surface area contributed by atoms with Crippen LogP contribution < -0.4 is 5.32 Å². The molecule has 1 aromatic rings. The minimum atomic E-state index is -0.606. The quantitative estimate of drug-likeness (QED) is 0.841. The average molecular weight is 403 g/mol. The number of nitrogens with one attached hydrogen (secondary N) is 1. The first kappa shape index (κ1) is 20.6. The van der Waals surface area contributed by atoms with E-state index in [0.29, 0.717) is 17.6 Å². The highest BCUT2D eigenvalue weighted by atomic mass is 79.9. The number of nitrogens with zero attached hydrogens (tertiary/aromatic N) is 2. The topological polar surface area (TPSA) is 39.1 Å². The lowest BCUT2D eigenvalue weighted by atomic mass is 10.0. The predicted molar refractivity (Wildman–Crippen MR) is 86.0 cm³/mol. The van der Waals surface area contributed by atoms with Crippen LogP contribution in [0.3, 0.4) is 0 Å². The molecular formula is C13H16BrCl2F2N3. The maximum atomic E-state index is 14.0. The minimum Gasteiger partial charge on any atom is -0.314 e. The number of hydrogen-bond acceptors (Lipinski definition) is 3. The number of halogens is 5. The fraction of sp³-hybridized carbons (Fsp3) is 0.462. The van der Waals surface area contributed by atoms with Gasteiger partial charge in [-0.15, -0.1) is 24.8 Å². The molecule has 0 aromatic heterocycles. The molecule has 0 radical (unpaired) electrons. The molecule has 1 heterocycles. The molecule has 8 heteroatoms. The Labute approximate surface area is 143 Å². The van der Waals surface area contributed by atoms with Gasteiger partial charge in [0.15, 0.2) is 0 Å². The van der Waals surface area contributed by atoms with Gasteiger partial charge in [-0.3, -0.25) is 4.90 Å². The average Bonchev–Trinajstić information content (AvgIpc) is 2.37. The number of benzene rings is 1. The summed E-state index contributed by atoms with van der Waals surface area (Å²) in [5.74, 6) is -1.21. The first-order chi connectivity index (χ1) is 9.13. The van der Waals surface area contributed by atoms with Gasteiger partial charge in [-0.25, -0.2) is 8.78 Å². The van der Waals surface area contributed by atoms with Gasteiger partial charge < -0.3 is 5.32 Å². The molecule has 1 fully saturated rings. The van der Waals surface area contributed by atoms with E-state index in [9.17, 15) is 8.78 Å². The van der Waals surface area contributed by atoms with Crippen LogP contribution in [-0.4, -0.2) is 31.1 Å². The van der Waals surface area contributed by atoms with Crippen LogP contribution >= 0.6 is 40.7 Å². The predicted octanol–water partition coefficient (Wildman–Crippen LogP) is 3.43. The molecule has 2 rings (SSSR count). The summed E-state index contributed by atoms with van der Waals surface area (Å²) < 4.78 is 28.4. The summed E-state index contributed by atoms with van der Waals surface area (Å²) in [4.78, 5) is 1.95. The number of piperazine rings is 1. The van der Waals surface area contributed by atoms with Crippen LogP contribution in [0.15, 0.2) is 16.6 Å². The first-order valence-corrected chi connectivity index (χ1v) is 6.89. The van der Waals surface area contributed by atoms with Gasteiger partial charge in [-0.1, -0.05) is 15.9 Å². The Balaban J connectivity index is 0.00000200. The van der Waals surface area contributed by atoms with E-state index in [2.05, 4.69) is 21.2 Å². The van der Waals surface area contributed by atoms with Crippen molar-refractivity contribution in [3.05, 3.63) is 33.8 Å². The molecule has 1 atom stereocenters. The Hall–Kier alpha value is -0.450. The van der Waals surface area contributed by atoms with Gasteiger partial charge in [0.1, 0.15) is 11.6 Å². The molecule has 1 N–H and O–H groups in total. The lowest BCUT2D eigenvalue weighted by Crippen LogP contribution is -2.45. The third-order valence-corrected chi connectivity index (χ3v) is 3.71. The number of rotatable bonds is 3. The fourth-order valence-corrected chi connectivity index (χ4v) is 2.77. The summed E-state index contributed by atoms with van der Waals surface area (Å²) in [6, 6.07) is 3.98. The second kappa shape index (κ2) is 9.54. The second-order valence-electron chi connectivity index (χ2n) is 4.45. The lowest BCUT2D eigenvalue weighted by molar-refractivity contribution is 0.169. The minimum absolute atomic E-state index is 0. The number of nitriles is 1. The standard InChI is InChI=1S/C13H14BrF2N3.2ClH/c14-9-7-10(15)13(11(16)8-9)12(1-2-17)19-5-3-18-4-6-19;;/h7-8,12,18H,1,3-6H2;2*1H/t12-;;/m1../s1. The van der Waals surface area contributed by atoms with Gasteiger partial charge in [-0.05, 0) is 12.1 Å². The molecule has 0 unspecified atom stereocenters. The third kappa shape index (κ3) is 5.04. The largest absolute Gasteiger partial charge is 0.314 e. The highest BCUT2D eigenvalue weighted by Gasteiger charge is 2.27. The third-order valence-electron chi connectivity index (χ3n) is 3.25. The maximum Gasteiger partial charge on any atom is 0.132 e. The summed E-state index contributed by atoms with van der Waals surface area (Å²) in [7, 11) is 0. The highest BCUT2D eigenvalue weighted by molar-refractivity contribution is 9.10. The van der Waals surface area contributed by atoms with Crippen molar-refractivity contribution < 1.29 is 8.78 Å². The van der Waals surface area contributed by atoms with E-state index in [1.54, 1.807) is 0 Å². The molecule has 118 valence electrons. The molecule has 1 saturated heterocycles. The molecule has 1 aliphatic rings. The monoisotopic (exact) mass is 401 g/mol. The van der Waals surface area contributed by atoms with E-state index in [0.717, 1.165) is 13.1 Å². The molecule has 1 aliphatic heterocycles. The van der Waals surface area contributed by atoms with Crippen molar-refractivity contribution in [3.63, 3.8) is 0 Å². The Morgan fingerprint density at radius 1 is 1.24 bits per heavy atom. The summed E-state index contributed by atoms with van der Waals surface area (Å²) >= 11 is 3.06. The van der Waals surface area contributed by atoms with E-state index in [1.807, 2.05) is 11.0 Å². The van der Waals surface area contributed by atoms with Crippen molar-refractivity contribution in [1.82, 2.24) is 10.2 Å². The first-order valence-electron chi connectivity index (χ1n) is 6.09. The van der Waals surface area contributed by atoms with Crippen molar-refractivity contribution in [2.45, 2.75) is 12.5 Å². The molecule has 1 aromatic carbocycles. The van der Waals surface area contributed by atoms with Crippen LogP contribution in [0.5, 0.6) is 0 Å². The molecule has 0 amide bonds. The smallest absolute Gasteiger partial charge is 0.132 e. The molecule has 0 aliphatic carbocycles. The molecule has 0 spiro atoms. The second-order valence-corrected chi connectivity index (χ2v) is 5.36. The summed E-state index contributed by atoms with van der Waals surface area (Å²) in [5, 5.41) is 12.1. The van der Waals surface area contributed by atoms with Crippen molar-refractivity contribution in [1.29, 1.82) is 5.26 Å². The van der Waals surface area contributed by atoms with Crippen LogP contribution in [0.25, 0.3) is 0 Å². The molecule has 0 bridgehead atoms. The van der Waals surface area contributed by atoms with Crippen LogP contribution in [0.1, 0.15) is 18.0 Å². The van der Waals surface area contributed by atoms with E-state index in [-0.39, 0.29) is 36.8 Å². The van der Waals surface area contributed by atoms with Crippen LogP contribution in [0, 0.1) is 23.0 Å². The SMILES string of the molecule is Cl.Cl.N#CC[C@H](c1c(F)cc(Br)cc1F)N1CCNCC1. The zero-order valence-electron chi connectivity index (χ0n) is 11.1. The van der Waals surface area contributed by atoms with E-state index >= 15 is 0 Å². The van der Waals surface area contributed by atoms with Gasteiger partial charge in [0, 0.05) is 36.2 Å². The summed E-state index contributed by atoms with van der Waals surface area (Å²) in [6.45, 7) is 2.89. The maximum absolute atomic E-state index is 14.0. The van der Waals surface area contributed by atoms with Gasteiger partial charge in [0.25, 0.3) is 0 Å². The van der Waals surface area contributed by atoms with E-state index in [4.69, 9.17) is 5.26 Å². The zero-order chi connectivity index (χ0) is 13.8. The molecule has 0 saturated carbocycles. The van der Waals surface area contributed by atoms with Gasteiger partial charge >= 0.3 is 0 Å². The van der Waals surface area contributed by atoms with Gasteiger partial charge in [0.2, 0.25) is 0 Å². The van der Waals surface area contributed by atoms with Crippen molar-refractivity contribution in [3.8, 4) is 6.07 Å². The van der Waals surface area contributed by atoms with E-state index < -0.39 is 17.7 Å². The Morgan fingerprint density at radius 3 is 2.24 bits per heavy atom. The molecular weight excluding hydrogens is 387 g/mol. The Bertz CT molecular complexity index is 482. The Kier molecular flexibility index (Phi) is 9.34. The van der Waals surface area contributed by atoms with Crippen LogP contribution in [0.2, 0.25) is 0 Å².